The second-order valence-electron chi connectivity index (χ2n) is 4.54. The van der Waals surface area contributed by atoms with Gasteiger partial charge < -0.3 is 4.74 Å². The van der Waals surface area contributed by atoms with Crippen LogP contribution in [0.5, 0.6) is 0 Å². The number of aryl methyl sites for hydroxylation is 1. The molecule has 4 nitrogen and oxygen atoms in total. The summed E-state index contributed by atoms with van der Waals surface area (Å²) >= 11 is 0. The van der Waals surface area contributed by atoms with Gasteiger partial charge in [-0.05, 0) is 37.6 Å². The van der Waals surface area contributed by atoms with Crippen LogP contribution in [0.4, 0.5) is 5.69 Å². The van der Waals surface area contributed by atoms with E-state index in [1.165, 1.54) is 7.11 Å². The zero-order valence-electron chi connectivity index (χ0n) is 12.5. The van der Waals surface area contributed by atoms with Crippen LogP contribution in [0, 0.1) is 6.92 Å². The monoisotopic (exact) mass is 282 g/mol. The number of para-hydroxylation sites is 1. The Morgan fingerprint density at radius 2 is 2.05 bits per heavy atom. The van der Waals surface area contributed by atoms with Crippen molar-refractivity contribution < 1.29 is 9.53 Å². The van der Waals surface area contributed by atoms with E-state index < -0.39 is 5.97 Å². The molecule has 1 aliphatic carbocycles. The van der Waals surface area contributed by atoms with Crippen molar-refractivity contribution in [2.45, 2.75) is 13.8 Å². The van der Waals surface area contributed by atoms with E-state index in [1.807, 2.05) is 44.2 Å². The molecule has 0 amide bonds. The van der Waals surface area contributed by atoms with Crippen molar-refractivity contribution in [3.63, 3.8) is 0 Å². The summed E-state index contributed by atoms with van der Waals surface area (Å²) in [5.41, 5.74) is 3.54. The smallest absolute Gasteiger partial charge is 0.340 e. The topological polar surface area (TPSA) is 51.0 Å². The molecule has 1 aliphatic rings. The van der Waals surface area contributed by atoms with Crippen molar-refractivity contribution in [3.8, 4) is 0 Å². The standard InChI is InChI=1S/C17H18N2O2/c1-4-18-15-11-7-9-13(17(20)21-3)16(15)19-14-10-6-5-8-12(14)2/h5-11H,4H2,1-3H3/b18-15+,19-16-. The molecule has 1 aromatic rings. The van der Waals surface area contributed by atoms with Crippen molar-refractivity contribution in [1.29, 1.82) is 0 Å². The van der Waals surface area contributed by atoms with Crippen LogP contribution in [-0.4, -0.2) is 31.0 Å². The van der Waals surface area contributed by atoms with Gasteiger partial charge >= 0.3 is 5.97 Å². The van der Waals surface area contributed by atoms with E-state index in [2.05, 4.69) is 9.98 Å². The molecule has 21 heavy (non-hydrogen) atoms. The van der Waals surface area contributed by atoms with Gasteiger partial charge in [-0.15, -0.1) is 0 Å². The first-order chi connectivity index (χ1) is 10.2. The Labute approximate surface area is 124 Å². The van der Waals surface area contributed by atoms with Gasteiger partial charge in [0.15, 0.2) is 0 Å². The van der Waals surface area contributed by atoms with E-state index in [1.54, 1.807) is 12.2 Å². The lowest BCUT2D eigenvalue weighted by Gasteiger charge is -2.13. The second-order valence-corrected chi connectivity index (χ2v) is 4.54. The number of hydrogen-bond donors (Lipinski definition) is 0. The summed E-state index contributed by atoms with van der Waals surface area (Å²) in [6, 6.07) is 7.77. The van der Waals surface area contributed by atoms with Crippen LogP contribution in [0.3, 0.4) is 0 Å². The van der Waals surface area contributed by atoms with Crippen molar-refractivity contribution in [2.24, 2.45) is 9.98 Å². The van der Waals surface area contributed by atoms with Crippen LogP contribution in [0.1, 0.15) is 12.5 Å². The van der Waals surface area contributed by atoms with Gasteiger partial charge in [0, 0.05) is 6.54 Å². The Balaban J connectivity index is 2.55. The minimum atomic E-state index is -0.407. The molecule has 0 saturated heterocycles. The molecule has 0 N–H and O–H groups in total. The van der Waals surface area contributed by atoms with E-state index in [9.17, 15) is 4.79 Å². The van der Waals surface area contributed by atoms with E-state index in [0.29, 0.717) is 23.5 Å². The van der Waals surface area contributed by atoms with Crippen molar-refractivity contribution in [1.82, 2.24) is 0 Å². The number of nitrogens with zero attached hydrogens (tertiary/aromatic N) is 2. The van der Waals surface area contributed by atoms with E-state index >= 15 is 0 Å². The van der Waals surface area contributed by atoms with Crippen molar-refractivity contribution in [2.75, 3.05) is 13.7 Å². The maximum atomic E-state index is 11.9. The van der Waals surface area contributed by atoms with Gasteiger partial charge in [0.25, 0.3) is 0 Å². The van der Waals surface area contributed by atoms with Crippen molar-refractivity contribution in [3.05, 3.63) is 53.6 Å². The van der Waals surface area contributed by atoms with E-state index in [0.717, 1.165) is 11.3 Å². The van der Waals surface area contributed by atoms with Crippen LogP contribution in [0.25, 0.3) is 0 Å². The third kappa shape index (κ3) is 3.34. The Morgan fingerprint density at radius 3 is 2.71 bits per heavy atom. The Bertz CT molecular complexity index is 667. The number of hydrogen-bond acceptors (Lipinski definition) is 4. The number of carbonyl (C=O) groups is 1. The van der Waals surface area contributed by atoms with Crippen molar-refractivity contribution >= 4 is 23.1 Å². The quantitative estimate of drug-likeness (QED) is 0.631. The highest BCUT2D eigenvalue weighted by atomic mass is 16.5. The van der Waals surface area contributed by atoms with Gasteiger partial charge in [-0.3, -0.25) is 4.99 Å². The number of aliphatic imine (C=N–C) groups is 2. The van der Waals surface area contributed by atoms with Crippen LogP contribution >= 0.6 is 0 Å². The minimum absolute atomic E-state index is 0.407. The molecule has 0 saturated carbocycles. The SMILES string of the molecule is CC/N=C1\C=CC=C(C(=O)OC)\C1=N\c1ccccc1C. The summed E-state index contributed by atoms with van der Waals surface area (Å²) in [5, 5.41) is 0. The van der Waals surface area contributed by atoms with Gasteiger partial charge in [0.05, 0.1) is 24.1 Å². The molecular formula is C17H18N2O2. The maximum absolute atomic E-state index is 11.9. The van der Waals surface area contributed by atoms with Gasteiger partial charge in [-0.25, -0.2) is 9.79 Å². The lowest BCUT2D eigenvalue weighted by molar-refractivity contribution is -0.135. The number of benzene rings is 1. The third-order valence-corrected chi connectivity index (χ3v) is 3.10. The molecular weight excluding hydrogens is 264 g/mol. The molecule has 0 heterocycles. The van der Waals surface area contributed by atoms with E-state index in [4.69, 9.17) is 4.74 Å². The fourth-order valence-corrected chi connectivity index (χ4v) is 2.03. The Morgan fingerprint density at radius 1 is 1.29 bits per heavy atom. The summed E-state index contributed by atoms with van der Waals surface area (Å²) in [6.07, 6.45) is 5.35. The molecule has 4 heteroatoms. The summed E-state index contributed by atoms with van der Waals surface area (Å²) in [4.78, 5) is 21.0. The summed E-state index contributed by atoms with van der Waals surface area (Å²) in [6.45, 7) is 4.56. The number of rotatable bonds is 3. The first kappa shape index (κ1) is 14.9. The second kappa shape index (κ2) is 6.79. The third-order valence-electron chi connectivity index (χ3n) is 3.10. The largest absolute Gasteiger partial charge is 0.465 e. The van der Waals surface area contributed by atoms with Crippen LogP contribution in [0.2, 0.25) is 0 Å². The highest BCUT2D eigenvalue weighted by Gasteiger charge is 2.22. The number of ether oxygens (including phenoxy) is 1. The van der Waals surface area contributed by atoms with Crippen LogP contribution < -0.4 is 0 Å². The van der Waals surface area contributed by atoms with Crippen LogP contribution in [-0.2, 0) is 9.53 Å². The molecule has 0 radical (unpaired) electrons. The first-order valence-corrected chi connectivity index (χ1v) is 6.83. The van der Waals surface area contributed by atoms with Gasteiger partial charge in [-0.2, -0.15) is 0 Å². The van der Waals surface area contributed by atoms with Gasteiger partial charge in [0.2, 0.25) is 0 Å². The fraction of sp³-hybridized carbons (Fsp3) is 0.235. The number of esters is 1. The average Bonchev–Trinajstić information content (AvgIpc) is 2.50. The molecule has 0 bridgehead atoms. The molecule has 0 aliphatic heterocycles. The first-order valence-electron chi connectivity index (χ1n) is 6.83. The van der Waals surface area contributed by atoms with Gasteiger partial charge in [-0.1, -0.05) is 24.3 Å². The lowest BCUT2D eigenvalue weighted by Crippen LogP contribution is -2.24. The Kier molecular flexibility index (Phi) is 4.82. The highest BCUT2D eigenvalue weighted by molar-refractivity contribution is 6.57. The summed E-state index contributed by atoms with van der Waals surface area (Å²) in [7, 11) is 1.36. The molecule has 0 spiro atoms. The Hall–Kier alpha value is -2.49. The lowest BCUT2D eigenvalue weighted by atomic mass is 10.00. The number of carbonyl (C=O) groups excluding carboxylic acids is 1. The fourth-order valence-electron chi connectivity index (χ4n) is 2.03. The predicted molar refractivity (Wildman–Crippen MR) is 85.5 cm³/mol. The zero-order valence-corrected chi connectivity index (χ0v) is 12.5. The molecule has 1 aromatic carbocycles. The predicted octanol–water partition coefficient (Wildman–Crippen LogP) is 3.20. The maximum Gasteiger partial charge on any atom is 0.340 e. The summed E-state index contributed by atoms with van der Waals surface area (Å²) < 4.78 is 4.84. The minimum Gasteiger partial charge on any atom is -0.465 e. The van der Waals surface area contributed by atoms with E-state index in [-0.39, 0.29) is 0 Å². The highest BCUT2D eigenvalue weighted by Crippen LogP contribution is 2.21. The average molecular weight is 282 g/mol. The number of methoxy groups -OCH3 is 1. The number of allylic oxidation sites excluding steroid dienone is 3. The molecule has 2 rings (SSSR count). The summed E-state index contributed by atoms with van der Waals surface area (Å²) in [5.74, 6) is -0.407. The molecule has 108 valence electrons. The molecule has 0 aromatic heterocycles. The van der Waals surface area contributed by atoms with Gasteiger partial charge in [0.1, 0.15) is 5.71 Å². The zero-order chi connectivity index (χ0) is 15.2. The molecule has 0 atom stereocenters. The normalized spacial score (nSPS) is 18.0. The van der Waals surface area contributed by atoms with Crippen LogP contribution in [0.15, 0.2) is 58.1 Å². The molecule has 0 fully saturated rings. The molecule has 0 unspecified atom stereocenters.